The molecule has 2 fully saturated rings. The summed E-state index contributed by atoms with van der Waals surface area (Å²) in [5.74, 6) is -2.65. The highest BCUT2D eigenvalue weighted by Crippen LogP contribution is 2.27. The van der Waals surface area contributed by atoms with Crippen molar-refractivity contribution in [2.75, 3.05) is 25.4 Å². The lowest BCUT2D eigenvalue weighted by atomic mass is 10.0. The fourth-order valence-electron chi connectivity index (χ4n) is 3.10. The Bertz CT molecular complexity index is 436. The van der Waals surface area contributed by atoms with E-state index in [0.717, 1.165) is 17.7 Å². The van der Waals surface area contributed by atoms with Crippen LogP contribution in [0.15, 0.2) is 0 Å². The largest absolute Gasteiger partial charge is 0.339 e. The van der Waals surface area contributed by atoms with Gasteiger partial charge in [0.1, 0.15) is 0 Å². The van der Waals surface area contributed by atoms with Gasteiger partial charge in [0, 0.05) is 50.2 Å². The summed E-state index contributed by atoms with van der Waals surface area (Å²) < 4.78 is 26.7. The first-order chi connectivity index (χ1) is 10.3. The predicted molar refractivity (Wildman–Crippen MR) is 81.9 cm³/mol. The van der Waals surface area contributed by atoms with Gasteiger partial charge in [0.2, 0.25) is 11.8 Å². The first-order valence-electron chi connectivity index (χ1n) is 7.64. The average molecular weight is 335 g/mol. The quantitative estimate of drug-likeness (QED) is 0.733. The van der Waals surface area contributed by atoms with E-state index >= 15 is 0 Å². The maximum absolute atomic E-state index is 13.4. The molecular formula is C14H23F2N3O2S. The summed E-state index contributed by atoms with van der Waals surface area (Å²) in [6.07, 6.45) is 1.37. The molecule has 0 spiro atoms. The summed E-state index contributed by atoms with van der Waals surface area (Å²) in [6.45, 7) is 0.0910. The predicted octanol–water partition coefficient (Wildman–Crippen LogP) is 0.882. The van der Waals surface area contributed by atoms with Crippen molar-refractivity contribution in [2.24, 2.45) is 5.73 Å². The molecule has 2 heterocycles. The van der Waals surface area contributed by atoms with E-state index < -0.39 is 24.9 Å². The molecule has 0 aromatic carbocycles. The van der Waals surface area contributed by atoms with E-state index in [1.165, 1.54) is 0 Å². The average Bonchev–Trinajstić information content (AvgIpc) is 2.91. The van der Waals surface area contributed by atoms with Crippen molar-refractivity contribution >= 4 is 24.4 Å². The van der Waals surface area contributed by atoms with Gasteiger partial charge in [0.05, 0.1) is 6.54 Å². The zero-order valence-electron chi connectivity index (χ0n) is 12.5. The first kappa shape index (κ1) is 17.5. The molecule has 5 nitrogen and oxygen atoms in total. The minimum absolute atomic E-state index is 0.000451. The van der Waals surface area contributed by atoms with Crippen molar-refractivity contribution in [3.05, 3.63) is 0 Å². The third-order valence-electron chi connectivity index (χ3n) is 4.28. The normalized spacial score (nSPS) is 26.4. The van der Waals surface area contributed by atoms with Gasteiger partial charge in [-0.3, -0.25) is 9.59 Å². The smallest absolute Gasteiger partial charge is 0.265 e. The minimum Gasteiger partial charge on any atom is -0.339 e. The zero-order valence-corrected chi connectivity index (χ0v) is 13.4. The fourth-order valence-corrected chi connectivity index (χ4v) is 3.48. The number of piperidine rings is 1. The van der Waals surface area contributed by atoms with Gasteiger partial charge in [-0.05, 0) is 12.8 Å². The number of nitrogens with two attached hydrogens (primary N) is 1. The Labute approximate surface area is 134 Å². The van der Waals surface area contributed by atoms with Crippen LogP contribution in [-0.4, -0.2) is 65.0 Å². The van der Waals surface area contributed by atoms with Crippen LogP contribution in [-0.2, 0) is 9.59 Å². The number of hydrogen-bond donors (Lipinski definition) is 2. The van der Waals surface area contributed by atoms with Gasteiger partial charge in [-0.1, -0.05) is 0 Å². The second-order valence-electron chi connectivity index (χ2n) is 6.16. The molecule has 22 heavy (non-hydrogen) atoms. The molecule has 0 saturated carbocycles. The van der Waals surface area contributed by atoms with E-state index in [0.29, 0.717) is 12.3 Å². The number of nitrogens with zero attached hydrogens (tertiary/aromatic N) is 2. The molecule has 126 valence electrons. The number of amides is 2. The Balaban J connectivity index is 1.85. The highest BCUT2D eigenvalue weighted by atomic mass is 32.1. The molecule has 0 aliphatic carbocycles. The number of halogens is 2. The van der Waals surface area contributed by atoms with Crippen LogP contribution in [0.2, 0.25) is 0 Å². The third-order valence-corrected chi connectivity index (χ3v) is 4.70. The van der Waals surface area contributed by atoms with E-state index in [4.69, 9.17) is 5.73 Å². The molecule has 2 atom stereocenters. The van der Waals surface area contributed by atoms with Crippen LogP contribution < -0.4 is 5.73 Å². The van der Waals surface area contributed by atoms with Crippen molar-refractivity contribution in [3.8, 4) is 0 Å². The van der Waals surface area contributed by atoms with Crippen LogP contribution >= 0.6 is 12.6 Å². The molecule has 8 heteroatoms. The maximum Gasteiger partial charge on any atom is 0.265 e. The van der Waals surface area contributed by atoms with Crippen LogP contribution in [0.5, 0.6) is 0 Å². The van der Waals surface area contributed by atoms with Crippen LogP contribution in [0.4, 0.5) is 8.78 Å². The van der Waals surface area contributed by atoms with Crippen LogP contribution in [0.25, 0.3) is 0 Å². The number of hydrogen-bond acceptors (Lipinski definition) is 4. The lowest BCUT2D eigenvalue weighted by Crippen LogP contribution is -2.51. The van der Waals surface area contributed by atoms with Crippen molar-refractivity contribution in [3.63, 3.8) is 0 Å². The van der Waals surface area contributed by atoms with Crippen LogP contribution in [0.3, 0.4) is 0 Å². The Morgan fingerprint density at radius 1 is 1.50 bits per heavy atom. The van der Waals surface area contributed by atoms with E-state index in [9.17, 15) is 18.4 Å². The molecule has 2 amide bonds. The van der Waals surface area contributed by atoms with E-state index in [2.05, 4.69) is 12.6 Å². The summed E-state index contributed by atoms with van der Waals surface area (Å²) in [5, 5.41) is 0. The third kappa shape index (κ3) is 4.32. The minimum atomic E-state index is -2.86. The number of rotatable bonds is 5. The fraction of sp³-hybridized carbons (Fsp3) is 0.857. The van der Waals surface area contributed by atoms with Gasteiger partial charge in [-0.2, -0.15) is 12.6 Å². The number of thiol groups is 1. The molecule has 2 N–H and O–H groups in total. The van der Waals surface area contributed by atoms with Crippen molar-refractivity contribution in [2.45, 2.75) is 50.1 Å². The second-order valence-corrected chi connectivity index (χ2v) is 6.53. The molecule has 0 aromatic heterocycles. The molecule has 2 aliphatic rings. The lowest BCUT2D eigenvalue weighted by molar-refractivity contribution is -0.148. The van der Waals surface area contributed by atoms with Gasteiger partial charge in [0.25, 0.3) is 5.92 Å². The first-order valence-corrected chi connectivity index (χ1v) is 8.27. The Hall–Kier alpha value is -0.890. The summed E-state index contributed by atoms with van der Waals surface area (Å²) >= 11 is 4.24. The lowest BCUT2D eigenvalue weighted by Gasteiger charge is -2.34. The number of carbonyl (C=O) groups is 2. The topological polar surface area (TPSA) is 66.6 Å². The molecule has 2 aliphatic heterocycles. The van der Waals surface area contributed by atoms with Crippen LogP contribution in [0.1, 0.15) is 32.1 Å². The molecule has 2 rings (SSSR count). The zero-order chi connectivity index (χ0) is 16.3. The number of likely N-dealkylation sites (tertiary alicyclic amines) is 2. The van der Waals surface area contributed by atoms with Gasteiger partial charge < -0.3 is 15.5 Å². The van der Waals surface area contributed by atoms with E-state index in [1.807, 2.05) is 0 Å². The van der Waals surface area contributed by atoms with Crippen molar-refractivity contribution < 1.29 is 18.4 Å². The SMILES string of the molecule is N[C@@H](CC(=O)N1CCC[C@H]1CS)CN1CC(F)(F)CCC1=O. The van der Waals surface area contributed by atoms with Gasteiger partial charge in [-0.25, -0.2) is 8.78 Å². The number of alkyl halides is 2. The van der Waals surface area contributed by atoms with Crippen molar-refractivity contribution in [1.82, 2.24) is 9.80 Å². The standard InChI is InChI=1S/C14H23F2N3O2S/c15-14(16)4-3-12(20)18(9-14)7-10(17)6-13(21)19-5-1-2-11(19)8-22/h10-11,22H,1-9,17H2/t10-,11-/m0/s1. The maximum atomic E-state index is 13.4. The molecule has 0 bridgehead atoms. The molecular weight excluding hydrogens is 312 g/mol. The van der Waals surface area contributed by atoms with E-state index in [1.54, 1.807) is 4.90 Å². The summed E-state index contributed by atoms with van der Waals surface area (Å²) in [5.41, 5.74) is 5.91. The summed E-state index contributed by atoms with van der Waals surface area (Å²) in [6, 6.07) is -0.490. The molecule has 2 saturated heterocycles. The van der Waals surface area contributed by atoms with Gasteiger partial charge in [-0.15, -0.1) is 0 Å². The van der Waals surface area contributed by atoms with Gasteiger partial charge in [0.15, 0.2) is 0 Å². The van der Waals surface area contributed by atoms with Crippen molar-refractivity contribution in [1.29, 1.82) is 0 Å². The molecule has 0 radical (unpaired) electrons. The van der Waals surface area contributed by atoms with E-state index in [-0.39, 0.29) is 37.2 Å². The summed E-state index contributed by atoms with van der Waals surface area (Å²) in [7, 11) is 0. The second kappa shape index (κ2) is 7.12. The van der Waals surface area contributed by atoms with Gasteiger partial charge >= 0.3 is 0 Å². The highest BCUT2D eigenvalue weighted by molar-refractivity contribution is 7.80. The number of carbonyl (C=O) groups excluding carboxylic acids is 2. The summed E-state index contributed by atoms with van der Waals surface area (Å²) in [4.78, 5) is 26.8. The molecule has 0 unspecified atom stereocenters. The monoisotopic (exact) mass is 335 g/mol. The Morgan fingerprint density at radius 3 is 2.91 bits per heavy atom. The van der Waals surface area contributed by atoms with Crippen LogP contribution in [0, 0.1) is 0 Å². The Kier molecular flexibility index (Phi) is 5.65. The molecule has 0 aromatic rings. The highest BCUT2D eigenvalue weighted by Gasteiger charge is 2.39. The Morgan fingerprint density at radius 2 is 2.23 bits per heavy atom.